The van der Waals surface area contributed by atoms with Crippen molar-refractivity contribution in [2.24, 2.45) is 5.73 Å². The summed E-state index contributed by atoms with van der Waals surface area (Å²) in [5.41, 5.74) is 11.6. The number of amides is 1. The molecular formula is C13H15N5O2. The number of nitrogens with two attached hydrogens (primary N) is 2. The van der Waals surface area contributed by atoms with Gasteiger partial charge in [0.05, 0.1) is 12.2 Å². The minimum Gasteiger partial charge on any atom is -0.490 e. The minimum atomic E-state index is -0.631. The molecule has 0 unspecified atom stereocenters. The van der Waals surface area contributed by atoms with Crippen molar-refractivity contribution in [2.45, 2.75) is 0 Å². The van der Waals surface area contributed by atoms with Crippen LogP contribution in [0.1, 0.15) is 10.5 Å². The summed E-state index contributed by atoms with van der Waals surface area (Å²) in [6.07, 6.45) is 2.89. The van der Waals surface area contributed by atoms with E-state index in [2.05, 4.69) is 15.3 Å². The molecule has 20 heavy (non-hydrogen) atoms. The number of primary amides is 1. The first-order valence-corrected chi connectivity index (χ1v) is 6.00. The predicted octanol–water partition coefficient (Wildman–Crippen LogP) is 0.649. The van der Waals surface area contributed by atoms with Gasteiger partial charge in [-0.1, -0.05) is 12.1 Å². The minimum absolute atomic E-state index is 0.103. The van der Waals surface area contributed by atoms with Gasteiger partial charge in [0.25, 0.3) is 5.91 Å². The van der Waals surface area contributed by atoms with Crippen molar-refractivity contribution < 1.29 is 9.53 Å². The van der Waals surface area contributed by atoms with Gasteiger partial charge in [0.2, 0.25) is 0 Å². The molecule has 2 rings (SSSR count). The van der Waals surface area contributed by atoms with Gasteiger partial charge in [-0.3, -0.25) is 4.79 Å². The van der Waals surface area contributed by atoms with Gasteiger partial charge in [-0.05, 0) is 12.1 Å². The largest absolute Gasteiger partial charge is 0.490 e. The summed E-state index contributed by atoms with van der Waals surface area (Å²) in [5, 5.41) is 2.94. The van der Waals surface area contributed by atoms with E-state index in [1.54, 1.807) is 12.1 Å². The molecule has 0 bridgehead atoms. The summed E-state index contributed by atoms with van der Waals surface area (Å²) in [4.78, 5) is 19.0. The number of carbonyl (C=O) groups is 1. The lowest BCUT2D eigenvalue weighted by molar-refractivity contribution is 0.0996. The molecule has 0 aliphatic carbocycles. The van der Waals surface area contributed by atoms with E-state index >= 15 is 0 Å². The molecule has 0 saturated heterocycles. The monoisotopic (exact) mass is 273 g/mol. The average Bonchev–Trinajstić information content (AvgIpc) is 2.45. The molecule has 5 N–H and O–H groups in total. The highest BCUT2D eigenvalue weighted by Crippen LogP contribution is 2.19. The van der Waals surface area contributed by atoms with Crippen LogP contribution in [-0.2, 0) is 0 Å². The Hall–Kier alpha value is -2.83. The van der Waals surface area contributed by atoms with Gasteiger partial charge in [-0.2, -0.15) is 0 Å². The van der Waals surface area contributed by atoms with Crippen LogP contribution in [0.15, 0.2) is 36.7 Å². The molecule has 0 aliphatic heterocycles. The van der Waals surface area contributed by atoms with E-state index in [9.17, 15) is 4.79 Å². The lowest BCUT2D eigenvalue weighted by atomic mass is 10.3. The highest BCUT2D eigenvalue weighted by atomic mass is 16.5. The molecule has 7 heteroatoms. The Morgan fingerprint density at radius 3 is 2.75 bits per heavy atom. The fourth-order valence-corrected chi connectivity index (χ4v) is 1.59. The molecule has 0 atom stereocenters. The van der Waals surface area contributed by atoms with Gasteiger partial charge in [-0.25, -0.2) is 9.97 Å². The third-order valence-corrected chi connectivity index (χ3v) is 2.50. The van der Waals surface area contributed by atoms with E-state index in [1.807, 2.05) is 12.1 Å². The molecule has 1 amide bonds. The Balaban J connectivity index is 1.88. The Labute approximate surface area is 116 Å². The average molecular weight is 273 g/mol. The quantitative estimate of drug-likeness (QED) is 0.525. The molecular weight excluding hydrogens is 258 g/mol. The van der Waals surface area contributed by atoms with Crippen LogP contribution in [0.2, 0.25) is 0 Å². The zero-order valence-electron chi connectivity index (χ0n) is 10.7. The number of carbonyl (C=O) groups excluding carboxylic acids is 1. The van der Waals surface area contributed by atoms with Crippen molar-refractivity contribution in [3.63, 3.8) is 0 Å². The van der Waals surface area contributed by atoms with E-state index in [4.69, 9.17) is 16.2 Å². The van der Waals surface area contributed by atoms with Crippen molar-refractivity contribution in [3.05, 3.63) is 42.4 Å². The highest BCUT2D eigenvalue weighted by molar-refractivity contribution is 5.95. The van der Waals surface area contributed by atoms with Gasteiger partial charge < -0.3 is 21.5 Å². The first-order valence-electron chi connectivity index (χ1n) is 6.00. The van der Waals surface area contributed by atoms with Crippen LogP contribution >= 0.6 is 0 Å². The van der Waals surface area contributed by atoms with Crippen LogP contribution in [0.3, 0.4) is 0 Å². The lowest BCUT2D eigenvalue weighted by Gasteiger charge is -2.10. The molecule has 2 aromatic rings. The first-order chi connectivity index (χ1) is 9.68. The molecule has 0 aliphatic rings. The second-order valence-corrected chi connectivity index (χ2v) is 3.93. The topological polar surface area (TPSA) is 116 Å². The molecule has 0 radical (unpaired) electrons. The third kappa shape index (κ3) is 3.35. The first kappa shape index (κ1) is 13.6. The number of benzene rings is 1. The number of anilines is 2. The summed E-state index contributed by atoms with van der Waals surface area (Å²) < 4.78 is 5.51. The fraction of sp³-hybridized carbons (Fsp3) is 0.154. The SMILES string of the molecule is NC(=O)c1nccnc1NCCOc1ccccc1N. The number of ether oxygens (including phenoxy) is 1. The third-order valence-electron chi connectivity index (χ3n) is 2.50. The maximum absolute atomic E-state index is 11.2. The molecule has 1 aromatic heterocycles. The van der Waals surface area contributed by atoms with E-state index in [-0.39, 0.29) is 5.69 Å². The number of aromatic nitrogens is 2. The van der Waals surface area contributed by atoms with Crippen molar-refractivity contribution in [1.82, 2.24) is 9.97 Å². The zero-order chi connectivity index (χ0) is 14.4. The van der Waals surface area contributed by atoms with E-state index < -0.39 is 5.91 Å². The second kappa shape index (κ2) is 6.37. The number of hydrogen-bond acceptors (Lipinski definition) is 6. The smallest absolute Gasteiger partial charge is 0.271 e. The van der Waals surface area contributed by atoms with Crippen molar-refractivity contribution in [3.8, 4) is 5.75 Å². The van der Waals surface area contributed by atoms with E-state index in [1.165, 1.54) is 12.4 Å². The van der Waals surface area contributed by atoms with E-state index in [0.717, 1.165) is 0 Å². The molecule has 0 spiro atoms. The highest BCUT2D eigenvalue weighted by Gasteiger charge is 2.09. The van der Waals surface area contributed by atoms with Crippen LogP contribution in [0.25, 0.3) is 0 Å². The summed E-state index contributed by atoms with van der Waals surface area (Å²) in [7, 11) is 0. The number of nitrogen functional groups attached to an aromatic ring is 1. The fourth-order valence-electron chi connectivity index (χ4n) is 1.59. The predicted molar refractivity (Wildman–Crippen MR) is 75.4 cm³/mol. The van der Waals surface area contributed by atoms with Crippen LogP contribution in [0.4, 0.5) is 11.5 Å². The Bertz CT molecular complexity index is 603. The Morgan fingerprint density at radius 2 is 2.00 bits per heavy atom. The van der Waals surface area contributed by atoms with Gasteiger partial charge in [0, 0.05) is 12.4 Å². The number of rotatable bonds is 6. The van der Waals surface area contributed by atoms with Gasteiger partial charge in [-0.15, -0.1) is 0 Å². The summed E-state index contributed by atoms with van der Waals surface area (Å²) in [6, 6.07) is 7.22. The molecule has 0 saturated carbocycles. The Morgan fingerprint density at radius 1 is 1.25 bits per heavy atom. The maximum Gasteiger partial charge on any atom is 0.271 e. The summed E-state index contributed by atoms with van der Waals surface area (Å²) in [5.74, 6) is 0.321. The Kier molecular flexibility index (Phi) is 4.33. The van der Waals surface area contributed by atoms with Crippen LogP contribution < -0.4 is 21.5 Å². The molecule has 1 heterocycles. The van der Waals surface area contributed by atoms with Gasteiger partial charge in [0.15, 0.2) is 11.5 Å². The van der Waals surface area contributed by atoms with Gasteiger partial charge >= 0.3 is 0 Å². The zero-order valence-corrected chi connectivity index (χ0v) is 10.7. The van der Waals surface area contributed by atoms with Crippen LogP contribution in [0.5, 0.6) is 5.75 Å². The van der Waals surface area contributed by atoms with Crippen LogP contribution in [-0.4, -0.2) is 29.0 Å². The molecule has 1 aromatic carbocycles. The number of para-hydroxylation sites is 2. The van der Waals surface area contributed by atoms with Crippen molar-refractivity contribution in [2.75, 3.05) is 24.2 Å². The number of nitrogens with zero attached hydrogens (tertiary/aromatic N) is 2. The number of nitrogens with one attached hydrogen (secondary N) is 1. The molecule has 0 fully saturated rings. The maximum atomic E-state index is 11.2. The standard InChI is InChI=1S/C13H15N5O2/c14-9-3-1-2-4-10(9)20-8-7-18-13-11(12(15)19)16-5-6-17-13/h1-6H,7-8,14H2,(H2,15,19)(H,17,18). The van der Waals surface area contributed by atoms with Crippen LogP contribution in [0, 0.1) is 0 Å². The van der Waals surface area contributed by atoms with Crippen molar-refractivity contribution >= 4 is 17.4 Å². The van der Waals surface area contributed by atoms with Crippen molar-refractivity contribution in [1.29, 1.82) is 0 Å². The molecule has 104 valence electrons. The summed E-state index contributed by atoms with van der Waals surface area (Å²) in [6.45, 7) is 0.802. The molecule has 7 nitrogen and oxygen atoms in total. The normalized spacial score (nSPS) is 10.0. The van der Waals surface area contributed by atoms with Gasteiger partial charge in [0.1, 0.15) is 12.4 Å². The lowest BCUT2D eigenvalue weighted by Crippen LogP contribution is -2.19. The second-order valence-electron chi connectivity index (χ2n) is 3.93. The van der Waals surface area contributed by atoms with E-state index in [0.29, 0.717) is 30.4 Å². The summed E-state index contributed by atoms with van der Waals surface area (Å²) >= 11 is 0. The number of hydrogen-bond donors (Lipinski definition) is 3.